The number of rotatable bonds is 7. The molecule has 1 saturated heterocycles. The number of halogens is 2. The highest BCUT2D eigenvalue weighted by molar-refractivity contribution is 7.89. The minimum atomic E-state index is -3.78. The lowest BCUT2D eigenvalue weighted by atomic mass is 9.97. The second-order valence-electron chi connectivity index (χ2n) is 6.89. The Hall–Kier alpha value is -2.20. The van der Waals surface area contributed by atoms with Crippen LogP contribution in [0.4, 0.5) is 8.78 Å². The zero-order chi connectivity index (χ0) is 21.0. The van der Waals surface area contributed by atoms with E-state index in [1.165, 1.54) is 37.3 Å². The van der Waals surface area contributed by atoms with Crippen LogP contribution in [0.2, 0.25) is 0 Å². The van der Waals surface area contributed by atoms with Gasteiger partial charge in [0.25, 0.3) is 0 Å². The number of hydrogen-bond donors (Lipinski definition) is 2. The maximum Gasteiger partial charge on any atom is 0.214 e. The average Bonchev–Trinajstić information content (AvgIpc) is 2.68. The number of aryl methyl sites for hydroxylation is 1. The first-order valence-corrected chi connectivity index (χ1v) is 10.8. The van der Waals surface area contributed by atoms with Crippen LogP contribution in [-0.4, -0.2) is 52.3 Å². The smallest absolute Gasteiger partial charge is 0.214 e. The number of carbonyl (C=O) groups is 1. The van der Waals surface area contributed by atoms with Gasteiger partial charge in [-0.2, -0.15) is 0 Å². The van der Waals surface area contributed by atoms with Crippen LogP contribution >= 0.6 is 0 Å². The number of sulfonamides is 1. The van der Waals surface area contributed by atoms with E-state index in [1.54, 1.807) is 6.07 Å². The first kappa shape index (κ1) is 21.5. The number of hydrogen-bond acceptors (Lipinski definition) is 5. The molecule has 0 bridgehead atoms. The maximum atomic E-state index is 14.5. The van der Waals surface area contributed by atoms with Crippen molar-refractivity contribution in [3.63, 3.8) is 0 Å². The first-order chi connectivity index (χ1) is 13.7. The molecule has 2 aromatic carbocycles. The van der Waals surface area contributed by atoms with Crippen LogP contribution in [0.3, 0.4) is 0 Å². The van der Waals surface area contributed by atoms with Crippen LogP contribution < -0.4 is 10.0 Å². The zero-order valence-corrected chi connectivity index (χ0v) is 16.7. The molecule has 1 heterocycles. The Balaban J connectivity index is 1.74. The summed E-state index contributed by atoms with van der Waals surface area (Å²) in [5, 5.41) is 3.03. The molecule has 1 aliphatic rings. The minimum Gasteiger partial charge on any atom is -0.374 e. The number of morpholine rings is 1. The molecule has 1 atom stereocenters. The number of ketones is 1. The van der Waals surface area contributed by atoms with Gasteiger partial charge < -0.3 is 10.1 Å². The predicted molar refractivity (Wildman–Crippen MR) is 105 cm³/mol. The van der Waals surface area contributed by atoms with E-state index < -0.39 is 40.1 Å². The lowest BCUT2D eigenvalue weighted by molar-refractivity contribution is 0.0429. The summed E-state index contributed by atoms with van der Waals surface area (Å²) < 4.78 is 60.0. The molecule has 6 nitrogen and oxygen atoms in total. The summed E-state index contributed by atoms with van der Waals surface area (Å²) in [6.07, 6.45) is -0.508. The highest BCUT2D eigenvalue weighted by atomic mass is 32.2. The van der Waals surface area contributed by atoms with Crippen molar-refractivity contribution in [2.45, 2.75) is 13.0 Å². The van der Waals surface area contributed by atoms with Crippen molar-refractivity contribution >= 4 is 15.8 Å². The minimum absolute atomic E-state index is 0.208. The molecule has 29 heavy (non-hydrogen) atoms. The molecule has 0 saturated carbocycles. The first-order valence-electron chi connectivity index (χ1n) is 9.14. The van der Waals surface area contributed by atoms with Gasteiger partial charge in [-0.15, -0.1) is 0 Å². The predicted octanol–water partition coefficient (Wildman–Crippen LogP) is 2.03. The van der Waals surface area contributed by atoms with Gasteiger partial charge in [0.05, 0.1) is 30.6 Å². The van der Waals surface area contributed by atoms with E-state index >= 15 is 0 Å². The molecule has 0 radical (unpaired) electrons. The SMILES string of the molecule is Cc1cc(-c2cccc(F)c2)cc(C(=O)CNS(=O)(=O)CC2CNCCO2)c1F. The molecule has 0 spiro atoms. The second kappa shape index (κ2) is 9.08. The Kier molecular flexibility index (Phi) is 6.74. The lowest BCUT2D eigenvalue weighted by Crippen LogP contribution is -2.45. The molecule has 0 aromatic heterocycles. The van der Waals surface area contributed by atoms with Gasteiger partial charge in [0.2, 0.25) is 10.0 Å². The van der Waals surface area contributed by atoms with Crippen LogP contribution in [0, 0.1) is 18.6 Å². The summed E-state index contributed by atoms with van der Waals surface area (Å²) >= 11 is 0. The van der Waals surface area contributed by atoms with Crippen LogP contribution in [0.25, 0.3) is 11.1 Å². The van der Waals surface area contributed by atoms with Gasteiger partial charge in [-0.25, -0.2) is 21.9 Å². The third-order valence-electron chi connectivity index (χ3n) is 4.58. The van der Waals surface area contributed by atoms with E-state index in [-0.39, 0.29) is 16.9 Å². The van der Waals surface area contributed by atoms with Gasteiger partial charge in [-0.1, -0.05) is 12.1 Å². The summed E-state index contributed by atoms with van der Waals surface area (Å²) in [6, 6.07) is 8.54. The molecular weight excluding hydrogens is 402 g/mol. The molecule has 0 amide bonds. The second-order valence-corrected chi connectivity index (χ2v) is 8.74. The molecule has 2 N–H and O–H groups in total. The summed E-state index contributed by atoms with van der Waals surface area (Å²) in [6.45, 7) is 2.38. The Morgan fingerprint density at radius 2 is 2.03 bits per heavy atom. The Morgan fingerprint density at radius 3 is 2.72 bits per heavy atom. The molecule has 9 heteroatoms. The topological polar surface area (TPSA) is 84.5 Å². The molecular formula is C20H22F2N2O4S. The van der Waals surface area contributed by atoms with Crippen molar-refractivity contribution in [3.8, 4) is 11.1 Å². The summed E-state index contributed by atoms with van der Waals surface area (Å²) in [4.78, 5) is 12.5. The van der Waals surface area contributed by atoms with Crippen molar-refractivity contribution < 1.29 is 26.7 Å². The largest absolute Gasteiger partial charge is 0.374 e. The lowest BCUT2D eigenvalue weighted by Gasteiger charge is -2.23. The highest BCUT2D eigenvalue weighted by Crippen LogP contribution is 2.25. The third-order valence-corrected chi connectivity index (χ3v) is 5.97. The van der Waals surface area contributed by atoms with E-state index in [9.17, 15) is 22.0 Å². The van der Waals surface area contributed by atoms with Crippen molar-refractivity contribution in [1.29, 1.82) is 0 Å². The standard InChI is InChI=1S/C20H22F2N2O4S/c1-13-7-15(14-3-2-4-16(21)8-14)9-18(20(13)22)19(25)11-24-29(26,27)12-17-10-23-5-6-28-17/h2-4,7-9,17,23-24H,5-6,10-12H2,1H3. The fourth-order valence-corrected chi connectivity index (χ4v) is 4.28. The van der Waals surface area contributed by atoms with Crippen LogP contribution in [0.1, 0.15) is 15.9 Å². The van der Waals surface area contributed by atoms with Crippen molar-refractivity contribution in [3.05, 3.63) is 59.2 Å². The number of ether oxygens (including phenoxy) is 1. The van der Waals surface area contributed by atoms with Gasteiger partial charge in [0.15, 0.2) is 5.78 Å². The van der Waals surface area contributed by atoms with Crippen LogP contribution in [0.5, 0.6) is 0 Å². The van der Waals surface area contributed by atoms with E-state index in [0.717, 1.165) is 0 Å². The summed E-state index contributed by atoms with van der Waals surface area (Å²) in [7, 11) is -3.78. The molecule has 0 aliphatic carbocycles. The van der Waals surface area contributed by atoms with E-state index in [0.29, 0.717) is 30.8 Å². The summed E-state index contributed by atoms with van der Waals surface area (Å²) in [5.74, 6) is -2.19. The van der Waals surface area contributed by atoms with Gasteiger partial charge in [0.1, 0.15) is 11.6 Å². The molecule has 2 aromatic rings. The van der Waals surface area contributed by atoms with Crippen molar-refractivity contribution in [2.75, 3.05) is 32.0 Å². The number of nitrogens with one attached hydrogen (secondary N) is 2. The average molecular weight is 424 g/mol. The Morgan fingerprint density at radius 1 is 1.24 bits per heavy atom. The maximum absolute atomic E-state index is 14.5. The molecule has 1 aliphatic heterocycles. The summed E-state index contributed by atoms with van der Waals surface area (Å²) in [5.41, 5.74) is 0.920. The quantitative estimate of drug-likeness (QED) is 0.665. The van der Waals surface area contributed by atoms with Crippen molar-refractivity contribution in [1.82, 2.24) is 10.0 Å². The molecule has 1 fully saturated rings. The van der Waals surface area contributed by atoms with Crippen LogP contribution in [-0.2, 0) is 14.8 Å². The molecule has 1 unspecified atom stereocenters. The number of carbonyl (C=O) groups excluding carboxylic acids is 1. The number of Topliss-reactive ketones (excluding diaryl/α,β-unsaturated/α-hetero) is 1. The fourth-order valence-electron chi connectivity index (χ4n) is 3.11. The van der Waals surface area contributed by atoms with E-state index in [4.69, 9.17) is 4.74 Å². The van der Waals surface area contributed by atoms with Gasteiger partial charge >= 0.3 is 0 Å². The Labute approximate surface area is 168 Å². The fraction of sp³-hybridized carbons (Fsp3) is 0.350. The Bertz CT molecular complexity index is 1010. The van der Waals surface area contributed by atoms with Crippen molar-refractivity contribution in [2.24, 2.45) is 0 Å². The number of benzene rings is 2. The van der Waals surface area contributed by atoms with E-state index in [2.05, 4.69) is 10.0 Å². The monoisotopic (exact) mass is 424 g/mol. The van der Waals surface area contributed by atoms with Gasteiger partial charge in [0, 0.05) is 13.1 Å². The van der Waals surface area contributed by atoms with Gasteiger partial charge in [-0.3, -0.25) is 4.79 Å². The van der Waals surface area contributed by atoms with Crippen LogP contribution in [0.15, 0.2) is 36.4 Å². The normalized spacial score (nSPS) is 17.3. The molecule has 156 valence electrons. The van der Waals surface area contributed by atoms with E-state index in [1.807, 2.05) is 0 Å². The molecule has 3 rings (SSSR count). The van der Waals surface area contributed by atoms with Gasteiger partial charge in [-0.05, 0) is 47.9 Å². The third kappa shape index (κ3) is 5.66. The zero-order valence-electron chi connectivity index (χ0n) is 15.9. The highest BCUT2D eigenvalue weighted by Gasteiger charge is 2.23.